The predicted molar refractivity (Wildman–Crippen MR) is 113 cm³/mol. The normalized spacial score (nSPS) is 18.6. The molecule has 0 spiro atoms. The van der Waals surface area contributed by atoms with Crippen LogP contribution in [0.3, 0.4) is 0 Å². The van der Waals surface area contributed by atoms with E-state index in [0.29, 0.717) is 25.8 Å². The van der Waals surface area contributed by atoms with Crippen molar-refractivity contribution in [3.63, 3.8) is 0 Å². The lowest BCUT2D eigenvalue weighted by molar-refractivity contribution is -0.150. The van der Waals surface area contributed by atoms with Crippen LogP contribution in [0.15, 0.2) is 24.5 Å². The number of carboxylic acid groups (broad SMARTS) is 1. The first-order chi connectivity index (χ1) is 14.0. The van der Waals surface area contributed by atoms with Crippen LogP contribution in [0.2, 0.25) is 0 Å². The molecule has 29 heavy (non-hydrogen) atoms. The molecule has 0 radical (unpaired) electrons. The quantitative estimate of drug-likeness (QED) is 0.552. The Bertz CT molecular complexity index is 656. The second kappa shape index (κ2) is 11.8. The Kier molecular flexibility index (Phi) is 9.42. The summed E-state index contributed by atoms with van der Waals surface area (Å²) >= 11 is 0. The third-order valence-corrected chi connectivity index (χ3v) is 6.05. The van der Waals surface area contributed by atoms with Gasteiger partial charge in [-0.15, -0.1) is 0 Å². The molecule has 2 rings (SSSR count). The molecule has 1 amide bonds. The molecular weight excluding hydrogens is 368 g/mol. The van der Waals surface area contributed by atoms with E-state index >= 15 is 0 Å². The Morgan fingerprint density at radius 3 is 2.00 bits per heavy atom. The summed E-state index contributed by atoms with van der Waals surface area (Å²) in [6.45, 7) is 4.74. The number of carboxylic acids is 1. The minimum Gasteiger partial charge on any atom is -0.480 e. The molecule has 1 N–H and O–H groups in total. The van der Waals surface area contributed by atoms with Crippen LogP contribution in [-0.2, 0) is 9.59 Å². The van der Waals surface area contributed by atoms with Gasteiger partial charge in [-0.1, -0.05) is 39.5 Å². The van der Waals surface area contributed by atoms with Gasteiger partial charge in [-0.3, -0.25) is 14.2 Å². The number of hydrogen-bond acceptors (Lipinski definition) is 3. The van der Waals surface area contributed by atoms with Crippen LogP contribution in [0.5, 0.6) is 0 Å². The molecule has 1 saturated heterocycles. The van der Waals surface area contributed by atoms with Gasteiger partial charge >= 0.3 is 5.97 Å². The number of hydrogen-bond donors (Lipinski definition) is 1. The average molecular weight is 405 g/mol. The zero-order valence-corrected chi connectivity index (χ0v) is 17.9. The number of nitrogens with zero attached hydrogens (tertiary/aromatic N) is 2. The van der Waals surface area contributed by atoms with Crippen molar-refractivity contribution in [2.75, 3.05) is 6.54 Å². The molecule has 162 valence electrons. The summed E-state index contributed by atoms with van der Waals surface area (Å²) in [6, 6.07) is 3.01. The van der Waals surface area contributed by atoms with Gasteiger partial charge in [0.05, 0.1) is 0 Å². The van der Waals surface area contributed by atoms with Crippen LogP contribution in [0, 0.1) is 11.8 Å². The Hall–Kier alpha value is -2.11. The zero-order valence-electron chi connectivity index (χ0n) is 17.9. The van der Waals surface area contributed by atoms with Crippen LogP contribution in [0.1, 0.15) is 82.9 Å². The van der Waals surface area contributed by atoms with E-state index in [1.807, 2.05) is 12.1 Å². The van der Waals surface area contributed by atoms with E-state index in [9.17, 15) is 19.5 Å². The zero-order chi connectivity index (χ0) is 21.2. The summed E-state index contributed by atoms with van der Waals surface area (Å²) in [7, 11) is 0. The number of likely N-dealkylation sites (tertiary alicyclic amines) is 1. The first kappa shape index (κ1) is 23.2. The molecule has 2 heterocycles. The van der Waals surface area contributed by atoms with E-state index in [0.717, 1.165) is 44.9 Å². The van der Waals surface area contributed by atoms with Gasteiger partial charge in [0, 0.05) is 30.8 Å². The Morgan fingerprint density at radius 2 is 1.48 bits per heavy atom. The molecule has 6 nitrogen and oxygen atoms in total. The number of carbonyl (C=O) groups excluding carboxylic acids is 2. The van der Waals surface area contributed by atoms with Crippen molar-refractivity contribution in [2.45, 2.75) is 84.1 Å². The van der Waals surface area contributed by atoms with Gasteiger partial charge in [-0.2, -0.15) is 0 Å². The maximum absolute atomic E-state index is 13.2. The van der Waals surface area contributed by atoms with Crippen LogP contribution in [-0.4, -0.2) is 44.9 Å². The fraction of sp³-hybridized carbons (Fsp3) is 0.696. The number of rotatable bonds is 12. The van der Waals surface area contributed by atoms with E-state index < -0.39 is 12.0 Å². The molecule has 1 aromatic heterocycles. The van der Waals surface area contributed by atoms with Crippen LogP contribution < -0.4 is 0 Å². The van der Waals surface area contributed by atoms with E-state index in [1.54, 1.807) is 21.9 Å². The SMILES string of the molecule is CCCCC(CC[C@@H](CCCC)C(=O)n1cccc1)C(=O)N1CCC[C@@H]1C(=O)O. The minimum absolute atomic E-state index is 0.0361. The summed E-state index contributed by atoms with van der Waals surface area (Å²) in [5, 5.41) is 9.44. The molecule has 1 unspecified atom stereocenters. The lowest BCUT2D eigenvalue weighted by Crippen LogP contribution is -2.43. The van der Waals surface area contributed by atoms with Crippen molar-refractivity contribution in [1.29, 1.82) is 0 Å². The summed E-state index contributed by atoms with van der Waals surface area (Å²) < 4.78 is 1.64. The first-order valence-electron chi connectivity index (χ1n) is 11.2. The standard InChI is InChI=1S/C23H36N2O4/c1-3-5-10-18(21(26)24-15-7-8-16-24)13-14-19(11-6-4-2)22(27)25-17-9-12-20(25)23(28)29/h7-8,15-16,18-20H,3-6,9-14,17H2,1-2H3,(H,28,29)/t18-,19?,20-/m1/s1. The molecule has 0 saturated carbocycles. The third-order valence-electron chi connectivity index (χ3n) is 6.05. The lowest BCUT2D eigenvalue weighted by Gasteiger charge is -2.28. The summed E-state index contributed by atoms with van der Waals surface area (Å²) in [5.74, 6) is -1.15. The topological polar surface area (TPSA) is 79.6 Å². The Balaban J connectivity index is 2.07. The van der Waals surface area contributed by atoms with Crippen LogP contribution >= 0.6 is 0 Å². The van der Waals surface area contributed by atoms with E-state index in [-0.39, 0.29) is 23.7 Å². The van der Waals surface area contributed by atoms with Crippen molar-refractivity contribution >= 4 is 17.8 Å². The smallest absolute Gasteiger partial charge is 0.326 e. The molecule has 1 fully saturated rings. The van der Waals surface area contributed by atoms with Crippen molar-refractivity contribution in [2.24, 2.45) is 11.8 Å². The third kappa shape index (κ3) is 6.44. The van der Waals surface area contributed by atoms with Crippen molar-refractivity contribution in [3.8, 4) is 0 Å². The lowest BCUT2D eigenvalue weighted by atomic mass is 9.88. The second-order valence-corrected chi connectivity index (χ2v) is 8.21. The molecular formula is C23H36N2O4. The van der Waals surface area contributed by atoms with Gasteiger partial charge < -0.3 is 10.0 Å². The number of aromatic nitrogens is 1. The van der Waals surface area contributed by atoms with Gasteiger partial charge in [0.15, 0.2) is 0 Å². The highest BCUT2D eigenvalue weighted by Crippen LogP contribution is 2.28. The highest BCUT2D eigenvalue weighted by Gasteiger charge is 2.37. The Morgan fingerprint density at radius 1 is 0.931 bits per heavy atom. The maximum Gasteiger partial charge on any atom is 0.326 e. The van der Waals surface area contributed by atoms with Gasteiger partial charge in [0.2, 0.25) is 11.8 Å². The molecule has 1 aliphatic heterocycles. The van der Waals surface area contributed by atoms with Crippen LogP contribution in [0.4, 0.5) is 0 Å². The fourth-order valence-electron chi connectivity index (χ4n) is 4.30. The molecule has 1 aromatic rings. The van der Waals surface area contributed by atoms with Crippen molar-refractivity contribution < 1.29 is 19.5 Å². The summed E-state index contributed by atoms with van der Waals surface area (Å²) in [6.07, 6.45) is 11.7. The molecule has 0 aromatic carbocycles. The fourth-order valence-corrected chi connectivity index (χ4v) is 4.30. The average Bonchev–Trinajstić information content (AvgIpc) is 3.41. The number of aliphatic carboxylic acids is 1. The first-order valence-corrected chi connectivity index (χ1v) is 11.2. The molecule has 0 aliphatic carbocycles. The molecule has 6 heteroatoms. The van der Waals surface area contributed by atoms with Gasteiger partial charge in [-0.05, 0) is 50.7 Å². The highest BCUT2D eigenvalue weighted by atomic mass is 16.4. The number of carbonyl (C=O) groups is 3. The van der Waals surface area contributed by atoms with E-state index in [4.69, 9.17) is 0 Å². The second-order valence-electron chi connectivity index (χ2n) is 8.21. The predicted octanol–water partition coefficient (Wildman–Crippen LogP) is 4.60. The highest BCUT2D eigenvalue weighted by molar-refractivity contribution is 5.86. The maximum atomic E-state index is 13.2. The van der Waals surface area contributed by atoms with Crippen LogP contribution in [0.25, 0.3) is 0 Å². The molecule has 1 aliphatic rings. The largest absolute Gasteiger partial charge is 0.480 e. The van der Waals surface area contributed by atoms with E-state index in [1.165, 1.54) is 0 Å². The van der Waals surface area contributed by atoms with Crippen molar-refractivity contribution in [3.05, 3.63) is 24.5 Å². The Labute approximate surface area is 174 Å². The number of unbranched alkanes of at least 4 members (excludes halogenated alkanes) is 2. The van der Waals surface area contributed by atoms with Gasteiger partial charge in [-0.25, -0.2) is 4.79 Å². The summed E-state index contributed by atoms with van der Waals surface area (Å²) in [4.78, 5) is 39.1. The summed E-state index contributed by atoms with van der Waals surface area (Å²) in [5.41, 5.74) is 0. The molecule has 0 bridgehead atoms. The van der Waals surface area contributed by atoms with E-state index in [2.05, 4.69) is 13.8 Å². The minimum atomic E-state index is -0.909. The van der Waals surface area contributed by atoms with Gasteiger partial charge in [0.25, 0.3) is 0 Å². The van der Waals surface area contributed by atoms with Gasteiger partial charge in [0.1, 0.15) is 6.04 Å². The molecule has 3 atom stereocenters. The number of amides is 1. The monoisotopic (exact) mass is 404 g/mol. The van der Waals surface area contributed by atoms with Crippen molar-refractivity contribution in [1.82, 2.24) is 9.47 Å².